The van der Waals surface area contributed by atoms with Gasteiger partial charge >= 0.3 is 0 Å². The van der Waals surface area contributed by atoms with Crippen molar-refractivity contribution in [1.82, 2.24) is 9.55 Å². The lowest BCUT2D eigenvalue weighted by Crippen LogP contribution is -2.16. The predicted molar refractivity (Wildman–Crippen MR) is 203 cm³/mol. The standard InChI is InChI=1S/C46H33N3/c1-46(2)40-20-10-8-17-36(40)37-28-27-33(29-41(37)46)48(31-13-4-3-5-14-31)32-25-23-30(24-26-32)45-47-42-21-12-19-39-35-16-7-6-15-34(35)38-18-9-11-22-43(38)49(45)44(39)42/h3-29H,1-2H3. The first-order chi connectivity index (χ1) is 24.1. The van der Waals surface area contributed by atoms with E-state index in [0.717, 1.165) is 45.2 Å². The molecule has 7 aromatic carbocycles. The number of nitrogens with zero attached hydrogens (tertiary/aromatic N) is 3. The van der Waals surface area contributed by atoms with Crippen molar-refractivity contribution in [2.24, 2.45) is 0 Å². The van der Waals surface area contributed by atoms with Gasteiger partial charge in [-0.05, 0) is 94.0 Å². The van der Waals surface area contributed by atoms with E-state index in [-0.39, 0.29) is 5.41 Å². The fourth-order valence-electron chi connectivity index (χ4n) is 8.24. The van der Waals surface area contributed by atoms with E-state index in [9.17, 15) is 0 Å². The average Bonchev–Trinajstić information content (AvgIpc) is 3.61. The van der Waals surface area contributed by atoms with E-state index in [1.165, 1.54) is 44.5 Å². The van der Waals surface area contributed by atoms with Crippen LogP contribution in [0.25, 0.3) is 61.5 Å². The summed E-state index contributed by atoms with van der Waals surface area (Å²) >= 11 is 0. The highest BCUT2D eigenvalue weighted by molar-refractivity contribution is 6.03. The molecule has 2 aliphatic rings. The van der Waals surface area contributed by atoms with Gasteiger partial charge in [-0.2, -0.15) is 0 Å². The van der Waals surface area contributed by atoms with E-state index >= 15 is 0 Å². The van der Waals surface area contributed by atoms with E-state index in [1.54, 1.807) is 0 Å². The van der Waals surface area contributed by atoms with Crippen molar-refractivity contribution in [3.63, 3.8) is 0 Å². The molecule has 0 N–H and O–H groups in total. The largest absolute Gasteiger partial charge is 0.310 e. The molecule has 0 spiro atoms. The molecule has 0 fully saturated rings. The molecule has 3 heteroatoms. The van der Waals surface area contributed by atoms with Crippen LogP contribution in [-0.2, 0) is 5.41 Å². The van der Waals surface area contributed by atoms with Gasteiger partial charge in [-0.15, -0.1) is 0 Å². The Labute approximate surface area is 286 Å². The summed E-state index contributed by atoms with van der Waals surface area (Å²) in [5.74, 6) is 0.942. The van der Waals surface area contributed by atoms with Crippen molar-refractivity contribution in [2.45, 2.75) is 19.3 Å². The van der Waals surface area contributed by atoms with Crippen LogP contribution in [0.5, 0.6) is 0 Å². The van der Waals surface area contributed by atoms with E-state index in [2.05, 4.69) is 187 Å². The van der Waals surface area contributed by atoms with Crippen LogP contribution in [0.3, 0.4) is 0 Å². The first-order valence-corrected chi connectivity index (χ1v) is 17.0. The lowest BCUT2D eigenvalue weighted by atomic mass is 9.82. The molecular formula is C46H33N3. The van der Waals surface area contributed by atoms with Gasteiger partial charge in [0.05, 0.1) is 16.7 Å². The van der Waals surface area contributed by atoms with Gasteiger partial charge in [-0.3, -0.25) is 4.57 Å². The Morgan fingerprint density at radius 1 is 0.469 bits per heavy atom. The summed E-state index contributed by atoms with van der Waals surface area (Å²) in [6.45, 7) is 4.68. The first kappa shape index (κ1) is 27.9. The molecule has 0 radical (unpaired) electrons. The SMILES string of the molecule is CC1(C)c2ccccc2-c2ccc(N(c3ccccc3)c3ccc(-c4nc5cccc6c5n4-c4ccccc4-c4ccccc4-6)cc3)cc21. The van der Waals surface area contributed by atoms with Gasteiger partial charge in [0.2, 0.25) is 0 Å². The highest BCUT2D eigenvalue weighted by Gasteiger charge is 2.35. The van der Waals surface area contributed by atoms with Gasteiger partial charge in [0.1, 0.15) is 5.82 Å². The molecular weight excluding hydrogens is 595 g/mol. The topological polar surface area (TPSA) is 21.1 Å². The van der Waals surface area contributed by atoms with Crippen LogP contribution in [0.15, 0.2) is 164 Å². The number of aromatic nitrogens is 2. The third-order valence-corrected chi connectivity index (χ3v) is 10.6. The van der Waals surface area contributed by atoms with Crippen molar-refractivity contribution in [3.8, 4) is 50.5 Å². The van der Waals surface area contributed by atoms with Gasteiger partial charge < -0.3 is 4.90 Å². The first-order valence-electron chi connectivity index (χ1n) is 17.0. The summed E-state index contributed by atoms with van der Waals surface area (Å²) in [4.78, 5) is 7.65. The van der Waals surface area contributed by atoms with Gasteiger partial charge in [0.15, 0.2) is 0 Å². The fourth-order valence-corrected chi connectivity index (χ4v) is 8.24. The molecule has 1 aliphatic carbocycles. The normalized spacial score (nSPS) is 13.3. The summed E-state index contributed by atoms with van der Waals surface area (Å²) in [6, 6.07) is 59.3. The van der Waals surface area contributed by atoms with E-state index in [4.69, 9.17) is 4.98 Å². The second kappa shape index (κ2) is 10.4. The summed E-state index contributed by atoms with van der Waals surface area (Å²) < 4.78 is 2.37. The zero-order valence-electron chi connectivity index (χ0n) is 27.4. The summed E-state index contributed by atoms with van der Waals surface area (Å²) in [6.07, 6.45) is 0. The molecule has 232 valence electrons. The quantitative estimate of drug-likeness (QED) is 0.194. The molecule has 8 aromatic rings. The molecule has 0 unspecified atom stereocenters. The van der Waals surface area contributed by atoms with Gasteiger partial charge in [-0.1, -0.05) is 117 Å². The molecule has 0 saturated heterocycles. The molecule has 3 nitrogen and oxygen atoms in total. The minimum atomic E-state index is -0.0776. The molecule has 0 amide bonds. The lowest BCUT2D eigenvalue weighted by Gasteiger charge is -2.28. The number of benzene rings is 7. The minimum Gasteiger partial charge on any atom is -0.310 e. The monoisotopic (exact) mass is 627 g/mol. The van der Waals surface area contributed by atoms with Gasteiger partial charge in [0.25, 0.3) is 0 Å². The Balaban J connectivity index is 1.13. The second-order valence-corrected chi connectivity index (χ2v) is 13.6. The van der Waals surface area contributed by atoms with E-state index in [0.29, 0.717) is 0 Å². The third kappa shape index (κ3) is 4.06. The van der Waals surface area contributed by atoms with Crippen molar-refractivity contribution < 1.29 is 0 Å². The van der Waals surface area contributed by atoms with Crippen LogP contribution in [0.2, 0.25) is 0 Å². The molecule has 1 aromatic heterocycles. The number of rotatable bonds is 4. The molecule has 0 saturated carbocycles. The number of hydrogen-bond donors (Lipinski definition) is 0. The Kier molecular flexibility index (Phi) is 5.92. The van der Waals surface area contributed by atoms with Crippen LogP contribution in [-0.4, -0.2) is 9.55 Å². The number of para-hydroxylation sites is 3. The average molecular weight is 628 g/mol. The Bertz CT molecular complexity index is 2570. The molecule has 0 bridgehead atoms. The Hall–Kier alpha value is -6.19. The summed E-state index contributed by atoms with van der Waals surface area (Å²) in [5.41, 5.74) is 18.0. The molecule has 10 rings (SSSR count). The maximum absolute atomic E-state index is 5.28. The van der Waals surface area contributed by atoms with Crippen LogP contribution in [0.1, 0.15) is 25.0 Å². The zero-order valence-corrected chi connectivity index (χ0v) is 27.4. The molecule has 49 heavy (non-hydrogen) atoms. The maximum atomic E-state index is 5.28. The number of fused-ring (bicyclic) bond motifs is 8. The van der Waals surface area contributed by atoms with E-state index < -0.39 is 0 Å². The summed E-state index contributed by atoms with van der Waals surface area (Å²) in [5, 5.41) is 0. The van der Waals surface area contributed by atoms with Crippen molar-refractivity contribution in [2.75, 3.05) is 4.90 Å². The number of anilines is 3. The molecule has 0 atom stereocenters. The second-order valence-electron chi connectivity index (χ2n) is 13.6. The van der Waals surface area contributed by atoms with Crippen LogP contribution < -0.4 is 4.90 Å². The number of hydrogen-bond acceptors (Lipinski definition) is 2. The van der Waals surface area contributed by atoms with Crippen molar-refractivity contribution >= 4 is 28.1 Å². The Morgan fingerprint density at radius 3 is 1.86 bits per heavy atom. The highest BCUT2D eigenvalue weighted by atomic mass is 15.1. The lowest BCUT2D eigenvalue weighted by molar-refractivity contribution is 0.660. The molecule has 1 aliphatic heterocycles. The van der Waals surface area contributed by atoms with E-state index in [1.807, 2.05) is 0 Å². The van der Waals surface area contributed by atoms with Gasteiger partial charge in [0, 0.05) is 39.2 Å². The fraction of sp³-hybridized carbons (Fsp3) is 0.0652. The van der Waals surface area contributed by atoms with Crippen LogP contribution in [0.4, 0.5) is 17.1 Å². The third-order valence-electron chi connectivity index (χ3n) is 10.6. The zero-order chi connectivity index (χ0) is 32.7. The minimum absolute atomic E-state index is 0.0776. The summed E-state index contributed by atoms with van der Waals surface area (Å²) in [7, 11) is 0. The highest BCUT2D eigenvalue weighted by Crippen LogP contribution is 2.51. The van der Waals surface area contributed by atoms with Crippen molar-refractivity contribution in [1.29, 1.82) is 0 Å². The van der Waals surface area contributed by atoms with Crippen molar-refractivity contribution in [3.05, 3.63) is 175 Å². The van der Waals surface area contributed by atoms with Crippen LogP contribution >= 0.6 is 0 Å². The maximum Gasteiger partial charge on any atom is 0.145 e. The van der Waals surface area contributed by atoms with Gasteiger partial charge in [-0.25, -0.2) is 4.98 Å². The number of imidazole rings is 1. The van der Waals surface area contributed by atoms with Crippen LogP contribution in [0, 0.1) is 0 Å². The predicted octanol–water partition coefficient (Wildman–Crippen LogP) is 12.1. The smallest absolute Gasteiger partial charge is 0.145 e. The Morgan fingerprint density at radius 2 is 1.06 bits per heavy atom. The molecule has 2 heterocycles.